The van der Waals surface area contributed by atoms with E-state index in [1.807, 2.05) is 4.90 Å². The van der Waals surface area contributed by atoms with Gasteiger partial charge in [0.25, 0.3) is 0 Å². The summed E-state index contributed by atoms with van der Waals surface area (Å²) in [6.07, 6.45) is 6.43. The highest BCUT2D eigenvalue weighted by molar-refractivity contribution is 6.19. The molecule has 0 amide bonds. The highest BCUT2D eigenvalue weighted by Gasteiger charge is 2.27. The van der Waals surface area contributed by atoms with Gasteiger partial charge in [0.1, 0.15) is 0 Å². The molecule has 0 spiro atoms. The number of aliphatic hydroxyl groups excluding tert-OH is 1. The fourth-order valence-electron chi connectivity index (χ4n) is 2.75. The molecule has 1 unspecified atom stereocenters. The van der Waals surface area contributed by atoms with Gasteiger partial charge in [-0.3, -0.25) is 4.90 Å². The summed E-state index contributed by atoms with van der Waals surface area (Å²) < 4.78 is 0. The molecule has 0 aliphatic carbocycles. The minimum Gasteiger partial charge on any atom is -0.365 e. The number of hydrogen-bond donors (Lipinski definition) is 1. The third kappa shape index (κ3) is 3.06. The van der Waals surface area contributed by atoms with Gasteiger partial charge in [-0.25, -0.2) is 0 Å². The molecular formula is C11H21ClN2O. The zero-order valence-corrected chi connectivity index (χ0v) is 9.99. The van der Waals surface area contributed by atoms with E-state index >= 15 is 0 Å². The molecule has 4 heteroatoms. The van der Waals surface area contributed by atoms with Crippen LogP contribution in [-0.4, -0.2) is 52.8 Å². The first-order valence-electron chi connectivity index (χ1n) is 6.07. The summed E-state index contributed by atoms with van der Waals surface area (Å²) in [5, 5.41) is 9.25. The van der Waals surface area contributed by atoms with Gasteiger partial charge in [0.05, 0.1) is 0 Å². The third-order valence-electron chi connectivity index (χ3n) is 3.71. The normalized spacial score (nSPS) is 29.2. The van der Waals surface area contributed by atoms with E-state index in [2.05, 4.69) is 4.90 Å². The van der Waals surface area contributed by atoms with Crippen LogP contribution in [0, 0.1) is 0 Å². The predicted octanol–water partition coefficient (Wildman–Crippen LogP) is 1.45. The van der Waals surface area contributed by atoms with E-state index in [4.69, 9.17) is 11.6 Å². The molecule has 2 rings (SSSR count). The fourth-order valence-corrected chi connectivity index (χ4v) is 2.94. The van der Waals surface area contributed by atoms with Gasteiger partial charge in [-0.2, -0.15) is 0 Å². The third-order valence-corrected chi connectivity index (χ3v) is 3.98. The number of rotatable bonds is 2. The smallest absolute Gasteiger partial charge is 0.185 e. The molecule has 0 aromatic carbocycles. The SMILES string of the molecule is OC(Cl)N1CCC(N2CCCCC2)CC1. The van der Waals surface area contributed by atoms with E-state index in [0.717, 1.165) is 32.0 Å². The lowest BCUT2D eigenvalue weighted by Crippen LogP contribution is -2.48. The van der Waals surface area contributed by atoms with Crippen molar-refractivity contribution in [3.63, 3.8) is 0 Å². The Labute approximate surface area is 97.0 Å². The largest absolute Gasteiger partial charge is 0.365 e. The second-order valence-corrected chi connectivity index (χ2v) is 5.06. The first-order valence-corrected chi connectivity index (χ1v) is 6.51. The second kappa shape index (κ2) is 5.48. The van der Waals surface area contributed by atoms with Crippen LogP contribution >= 0.6 is 11.6 Å². The van der Waals surface area contributed by atoms with Crippen molar-refractivity contribution >= 4 is 11.6 Å². The summed E-state index contributed by atoms with van der Waals surface area (Å²) in [4.78, 5) is 4.57. The lowest BCUT2D eigenvalue weighted by Gasteiger charge is -2.40. The van der Waals surface area contributed by atoms with E-state index in [9.17, 15) is 5.11 Å². The van der Waals surface area contributed by atoms with E-state index in [0.29, 0.717) is 0 Å². The molecule has 0 saturated carbocycles. The standard InChI is InChI=1S/C11H21ClN2O/c12-11(15)14-8-4-10(5-9-14)13-6-2-1-3-7-13/h10-11,15H,1-9H2. The lowest BCUT2D eigenvalue weighted by molar-refractivity contribution is 0.0213. The number of halogens is 1. The molecule has 0 aromatic heterocycles. The molecule has 15 heavy (non-hydrogen) atoms. The van der Waals surface area contributed by atoms with E-state index in [-0.39, 0.29) is 0 Å². The van der Waals surface area contributed by atoms with Crippen molar-refractivity contribution in [2.75, 3.05) is 26.2 Å². The molecule has 88 valence electrons. The molecule has 2 fully saturated rings. The molecule has 2 saturated heterocycles. The van der Waals surface area contributed by atoms with Gasteiger partial charge < -0.3 is 10.0 Å². The Bertz CT molecular complexity index is 187. The van der Waals surface area contributed by atoms with Crippen LogP contribution in [0.25, 0.3) is 0 Å². The van der Waals surface area contributed by atoms with Crippen LogP contribution in [0.4, 0.5) is 0 Å². The highest BCUT2D eigenvalue weighted by atomic mass is 35.5. The Balaban J connectivity index is 1.77. The molecule has 3 nitrogen and oxygen atoms in total. The van der Waals surface area contributed by atoms with Crippen LogP contribution in [0.3, 0.4) is 0 Å². The Hall–Kier alpha value is 0.170. The van der Waals surface area contributed by atoms with Crippen molar-refractivity contribution in [2.45, 2.75) is 43.8 Å². The van der Waals surface area contributed by atoms with Crippen LogP contribution in [0.2, 0.25) is 0 Å². The van der Waals surface area contributed by atoms with Crippen molar-refractivity contribution in [1.82, 2.24) is 9.80 Å². The Kier molecular flexibility index (Phi) is 4.26. The molecule has 0 bridgehead atoms. The quantitative estimate of drug-likeness (QED) is 0.577. The summed E-state index contributed by atoms with van der Waals surface area (Å²) >= 11 is 5.66. The van der Waals surface area contributed by atoms with Gasteiger partial charge in [-0.1, -0.05) is 18.0 Å². The van der Waals surface area contributed by atoms with Gasteiger partial charge in [-0.05, 0) is 38.8 Å². The Morgan fingerprint density at radius 2 is 1.60 bits per heavy atom. The number of likely N-dealkylation sites (tertiary alicyclic amines) is 2. The average Bonchev–Trinajstić information content (AvgIpc) is 2.30. The van der Waals surface area contributed by atoms with Crippen LogP contribution in [0.15, 0.2) is 0 Å². The van der Waals surface area contributed by atoms with E-state index < -0.39 is 5.69 Å². The van der Waals surface area contributed by atoms with Crippen molar-refractivity contribution in [1.29, 1.82) is 0 Å². The zero-order valence-electron chi connectivity index (χ0n) is 9.24. The molecule has 1 N–H and O–H groups in total. The summed E-state index contributed by atoms with van der Waals surface area (Å²) in [5.41, 5.74) is -0.785. The van der Waals surface area contributed by atoms with Crippen molar-refractivity contribution < 1.29 is 5.11 Å². The molecule has 0 aromatic rings. The zero-order chi connectivity index (χ0) is 10.7. The van der Waals surface area contributed by atoms with Gasteiger partial charge in [0, 0.05) is 19.1 Å². The lowest BCUT2D eigenvalue weighted by atomic mass is 10.0. The number of piperidine rings is 2. The maximum absolute atomic E-state index is 9.25. The van der Waals surface area contributed by atoms with Crippen molar-refractivity contribution in [3.8, 4) is 0 Å². The molecule has 2 heterocycles. The summed E-state index contributed by atoms with van der Waals surface area (Å²) in [6.45, 7) is 4.42. The first-order chi connectivity index (χ1) is 7.27. The fraction of sp³-hybridized carbons (Fsp3) is 1.00. The number of hydrogen-bond acceptors (Lipinski definition) is 3. The van der Waals surface area contributed by atoms with Gasteiger partial charge >= 0.3 is 0 Å². The number of alkyl halides is 1. The monoisotopic (exact) mass is 232 g/mol. The molecule has 2 aliphatic heterocycles. The van der Waals surface area contributed by atoms with Crippen molar-refractivity contribution in [3.05, 3.63) is 0 Å². The maximum atomic E-state index is 9.25. The average molecular weight is 233 g/mol. The first kappa shape index (κ1) is 11.6. The number of nitrogens with zero attached hydrogens (tertiary/aromatic N) is 2. The van der Waals surface area contributed by atoms with Crippen LogP contribution in [0.5, 0.6) is 0 Å². The Morgan fingerprint density at radius 1 is 1.00 bits per heavy atom. The summed E-state index contributed by atoms with van der Waals surface area (Å²) in [5.74, 6) is 0. The maximum Gasteiger partial charge on any atom is 0.185 e. The van der Waals surface area contributed by atoms with Crippen LogP contribution in [-0.2, 0) is 0 Å². The summed E-state index contributed by atoms with van der Waals surface area (Å²) in [6, 6.07) is 0.733. The highest BCUT2D eigenvalue weighted by Crippen LogP contribution is 2.21. The minimum absolute atomic E-state index is 0.733. The number of aliphatic hydroxyl groups is 1. The van der Waals surface area contributed by atoms with E-state index in [1.165, 1.54) is 32.4 Å². The topological polar surface area (TPSA) is 26.7 Å². The van der Waals surface area contributed by atoms with Gasteiger partial charge in [0.15, 0.2) is 5.69 Å². The van der Waals surface area contributed by atoms with E-state index in [1.54, 1.807) is 0 Å². The second-order valence-electron chi connectivity index (χ2n) is 4.67. The molecular weight excluding hydrogens is 212 g/mol. The molecule has 1 atom stereocenters. The Morgan fingerprint density at radius 3 is 2.13 bits per heavy atom. The van der Waals surface area contributed by atoms with Crippen molar-refractivity contribution in [2.24, 2.45) is 0 Å². The molecule has 2 aliphatic rings. The summed E-state index contributed by atoms with van der Waals surface area (Å²) in [7, 11) is 0. The van der Waals surface area contributed by atoms with Crippen LogP contribution in [0.1, 0.15) is 32.1 Å². The van der Waals surface area contributed by atoms with Crippen LogP contribution < -0.4 is 0 Å². The van der Waals surface area contributed by atoms with Gasteiger partial charge in [-0.15, -0.1) is 0 Å². The van der Waals surface area contributed by atoms with Gasteiger partial charge in [0.2, 0.25) is 0 Å². The molecule has 0 radical (unpaired) electrons. The minimum atomic E-state index is -0.785. The predicted molar refractivity (Wildman–Crippen MR) is 61.9 cm³/mol.